The summed E-state index contributed by atoms with van der Waals surface area (Å²) in [5.74, 6) is 0.752. The minimum atomic E-state index is 0.0324. The van der Waals surface area contributed by atoms with Gasteiger partial charge in [0.15, 0.2) is 0 Å². The van der Waals surface area contributed by atoms with Crippen LogP contribution in [0, 0.1) is 5.92 Å². The van der Waals surface area contributed by atoms with Crippen LogP contribution in [0.4, 0.5) is 0 Å². The Morgan fingerprint density at radius 2 is 2.05 bits per heavy atom. The molecule has 3 nitrogen and oxygen atoms in total. The molecule has 0 aromatic heterocycles. The van der Waals surface area contributed by atoms with Gasteiger partial charge in [0.05, 0.1) is 12.2 Å². The van der Waals surface area contributed by atoms with Crippen LogP contribution in [0.1, 0.15) is 53.9 Å². The minimum Gasteiger partial charge on any atom is -0.324 e. The van der Waals surface area contributed by atoms with Crippen molar-refractivity contribution in [3.8, 4) is 0 Å². The zero-order valence-corrected chi connectivity index (χ0v) is 14.1. The first-order valence-electron chi connectivity index (χ1n) is 7.44. The van der Waals surface area contributed by atoms with E-state index in [-0.39, 0.29) is 17.0 Å². The normalized spacial score (nSPS) is 24.6. The van der Waals surface area contributed by atoms with Crippen molar-refractivity contribution >= 4 is 17.7 Å². The summed E-state index contributed by atoms with van der Waals surface area (Å²) in [5, 5.41) is 3.54. The molecular formula is C15H30N2OS. The van der Waals surface area contributed by atoms with Gasteiger partial charge < -0.3 is 4.90 Å². The molecule has 0 aliphatic carbocycles. The van der Waals surface area contributed by atoms with Crippen LogP contribution in [0.25, 0.3) is 0 Å². The Labute approximate surface area is 122 Å². The molecule has 1 fully saturated rings. The van der Waals surface area contributed by atoms with Crippen molar-refractivity contribution in [1.29, 1.82) is 0 Å². The van der Waals surface area contributed by atoms with E-state index in [0.29, 0.717) is 11.8 Å². The Hall–Kier alpha value is -0.220. The van der Waals surface area contributed by atoms with Crippen molar-refractivity contribution in [1.82, 2.24) is 10.2 Å². The number of carbonyl (C=O) groups is 1. The summed E-state index contributed by atoms with van der Waals surface area (Å²) in [4.78, 5) is 14.6. The van der Waals surface area contributed by atoms with Gasteiger partial charge in [0.1, 0.15) is 0 Å². The smallest absolute Gasteiger partial charge is 0.241 e. The first-order valence-corrected chi connectivity index (χ1v) is 8.66. The van der Waals surface area contributed by atoms with E-state index >= 15 is 0 Å². The standard InChI is InChI=1S/C15H30N2OS/c1-7-8-9-12-14(18)17(10-15(4,5)19-6)13(16-12)11(2)3/h11-13,16H,7-10H2,1-6H3. The van der Waals surface area contributed by atoms with Gasteiger partial charge in [0, 0.05) is 11.3 Å². The molecule has 0 radical (unpaired) electrons. The summed E-state index contributed by atoms with van der Waals surface area (Å²) in [7, 11) is 0. The van der Waals surface area contributed by atoms with Gasteiger partial charge in [-0.15, -0.1) is 0 Å². The van der Waals surface area contributed by atoms with E-state index in [4.69, 9.17) is 0 Å². The molecule has 112 valence electrons. The summed E-state index contributed by atoms with van der Waals surface area (Å²) >= 11 is 1.83. The summed E-state index contributed by atoms with van der Waals surface area (Å²) in [6.45, 7) is 11.8. The van der Waals surface area contributed by atoms with Crippen molar-refractivity contribution in [2.75, 3.05) is 12.8 Å². The number of carbonyl (C=O) groups excluding carboxylic acids is 1. The molecule has 4 heteroatoms. The van der Waals surface area contributed by atoms with Gasteiger partial charge in [0.25, 0.3) is 0 Å². The SMILES string of the molecule is CCCCC1NC(C(C)C)N(CC(C)(C)SC)C1=O. The molecule has 1 N–H and O–H groups in total. The van der Waals surface area contributed by atoms with Crippen LogP contribution in [-0.4, -0.2) is 40.6 Å². The van der Waals surface area contributed by atoms with Gasteiger partial charge in [-0.05, 0) is 32.4 Å². The predicted octanol–water partition coefficient (Wildman–Crippen LogP) is 3.10. The third-order valence-electron chi connectivity index (χ3n) is 3.87. The number of nitrogens with zero attached hydrogens (tertiary/aromatic N) is 1. The number of hydrogen-bond acceptors (Lipinski definition) is 3. The monoisotopic (exact) mass is 286 g/mol. The summed E-state index contributed by atoms with van der Waals surface area (Å²) in [5.41, 5.74) is 0. The van der Waals surface area contributed by atoms with Crippen molar-refractivity contribution in [3.05, 3.63) is 0 Å². The maximum Gasteiger partial charge on any atom is 0.241 e. The van der Waals surface area contributed by atoms with Gasteiger partial charge in [-0.25, -0.2) is 0 Å². The second-order valence-corrected chi connectivity index (χ2v) is 7.99. The van der Waals surface area contributed by atoms with E-state index in [1.165, 1.54) is 0 Å². The molecule has 0 bridgehead atoms. The molecule has 1 heterocycles. The highest BCUT2D eigenvalue weighted by Crippen LogP contribution is 2.28. The van der Waals surface area contributed by atoms with E-state index in [0.717, 1.165) is 25.8 Å². The number of rotatable bonds is 7. The molecule has 1 aliphatic heterocycles. The molecule has 2 atom stereocenters. The lowest BCUT2D eigenvalue weighted by Crippen LogP contribution is -2.46. The number of unbranched alkanes of at least 4 members (excludes halogenated alkanes) is 1. The molecule has 19 heavy (non-hydrogen) atoms. The lowest BCUT2D eigenvalue weighted by Gasteiger charge is -2.34. The lowest BCUT2D eigenvalue weighted by molar-refractivity contribution is -0.130. The zero-order chi connectivity index (χ0) is 14.6. The molecule has 1 amide bonds. The Balaban J connectivity index is 2.77. The van der Waals surface area contributed by atoms with Crippen molar-refractivity contribution in [2.24, 2.45) is 5.92 Å². The maximum atomic E-state index is 12.6. The van der Waals surface area contributed by atoms with Crippen LogP contribution in [0.2, 0.25) is 0 Å². The molecule has 0 aromatic carbocycles. The Morgan fingerprint density at radius 1 is 1.42 bits per heavy atom. The Kier molecular flexibility index (Phi) is 6.18. The highest BCUT2D eigenvalue weighted by atomic mass is 32.2. The third kappa shape index (κ3) is 4.38. The Morgan fingerprint density at radius 3 is 2.53 bits per heavy atom. The van der Waals surface area contributed by atoms with Crippen molar-refractivity contribution in [2.45, 2.75) is 70.8 Å². The molecule has 1 aliphatic rings. The van der Waals surface area contributed by atoms with Gasteiger partial charge in [-0.2, -0.15) is 11.8 Å². The summed E-state index contributed by atoms with van der Waals surface area (Å²) in [6.07, 6.45) is 5.55. The number of hydrogen-bond donors (Lipinski definition) is 1. The van der Waals surface area contributed by atoms with Gasteiger partial charge in [-0.1, -0.05) is 33.6 Å². The topological polar surface area (TPSA) is 32.3 Å². The summed E-state index contributed by atoms with van der Waals surface area (Å²) in [6, 6.07) is 0.0324. The van der Waals surface area contributed by atoms with Gasteiger partial charge in [0.2, 0.25) is 5.91 Å². The summed E-state index contributed by atoms with van der Waals surface area (Å²) < 4.78 is 0.115. The first-order chi connectivity index (χ1) is 8.82. The van der Waals surface area contributed by atoms with Crippen molar-refractivity contribution < 1.29 is 4.79 Å². The number of thioether (sulfide) groups is 1. The fraction of sp³-hybridized carbons (Fsp3) is 0.933. The van der Waals surface area contributed by atoms with E-state index in [1.807, 2.05) is 11.8 Å². The molecule has 0 aromatic rings. The van der Waals surface area contributed by atoms with Gasteiger partial charge in [-0.3, -0.25) is 10.1 Å². The maximum absolute atomic E-state index is 12.6. The van der Waals surface area contributed by atoms with Crippen LogP contribution in [0.15, 0.2) is 0 Å². The van der Waals surface area contributed by atoms with Gasteiger partial charge >= 0.3 is 0 Å². The van der Waals surface area contributed by atoms with Crippen LogP contribution in [0.3, 0.4) is 0 Å². The van der Waals surface area contributed by atoms with Crippen LogP contribution in [-0.2, 0) is 4.79 Å². The van der Waals surface area contributed by atoms with E-state index in [2.05, 4.69) is 51.1 Å². The third-order valence-corrected chi connectivity index (χ3v) is 5.10. The highest BCUT2D eigenvalue weighted by molar-refractivity contribution is 7.99. The quantitative estimate of drug-likeness (QED) is 0.780. The second kappa shape index (κ2) is 6.98. The fourth-order valence-corrected chi connectivity index (χ4v) is 2.79. The number of nitrogens with one attached hydrogen (secondary N) is 1. The fourth-order valence-electron chi connectivity index (χ4n) is 2.52. The Bertz CT molecular complexity index is 305. The zero-order valence-electron chi connectivity index (χ0n) is 13.3. The average Bonchev–Trinajstić information content (AvgIpc) is 2.64. The molecular weight excluding hydrogens is 256 g/mol. The minimum absolute atomic E-state index is 0.0324. The van der Waals surface area contributed by atoms with Crippen molar-refractivity contribution in [3.63, 3.8) is 0 Å². The van der Waals surface area contributed by atoms with Crippen LogP contribution >= 0.6 is 11.8 Å². The average molecular weight is 286 g/mol. The molecule has 0 spiro atoms. The molecule has 1 saturated heterocycles. The number of amides is 1. The predicted molar refractivity (Wildman–Crippen MR) is 84.4 cm³/mol. The molecule has 2 unspecified atom stereocenters. The van der Waals surface area contributed by atoms with E-state index in [9.17, 15) is 4.79 Å². The van der Waals surface area contributed by atoms with E-state index < -0.39 is 0 Å². The molecule has 1 rings (SSSR count). The van der Waals surface area contributed by atoms with Crippen LogP contribution in [0.5, 0.6) is 0 Å². The highest BCUT2D eigenvalue weighted by Gasteiger charge is 2.41. The first kappa shape index (κ1) is 16.8. The lowest BCUT2D eigenvalue weighted by atomic mass is 10.1. The van der Waals surface area contributed by atoms with E-state index in [1.54, 1.807) is 0 Å². The molecule has 0 saturated carbocycles. The van der Waals surface area contributed by atoms with Crippen LogP contribution < -0.4 is 5.32 Å². The largest absolute Gasteiger partial charge is 0.324 e. The second-order valence-electron chi connectivity index (χ2n) is 6.48.